The van der Waals surface area contributed by atoms with Crippen LogP contribution >= 0.6 is 0 Å². The zero-order chi connectivity index (χ0) is 17.6. The van der Waals surface area contributed by atoms with Gasteiger partial charge in [0.2, 0.25) is 5.95 Å². The monoisotopic (exact) mass is 344 g/mol. The van der Waals surface area contributed by atoms with Crippen molar-refractivity contribution in [2.45, 2.75) is 25.8 Å². The van der Waals surface area contributed by atoms with E-state index in [1.165, 1.54) is 0 Å². The van der Waals surface area contributed by atoms with Crippen molar-refractivity contribution in [3.63, 3.8) is 0 Å². The van der Waals surface area contributed by atoms with E-state index in [1.807, 2.05) is 31.2 Å². The van der Waals surface area contributed by atoms with Crippen molar-refractivity contribution in [1.29, 1.82) is 0 Å². The third-order valence-corrected chi connectivity index (χ3v) is 4.13. The zero-order valence-corrected chi connectivity index (χ0v) is 14.6. The van der Waals surface area contributed by atoms with Gasteiger partial charge in [-0.3, -0.25) is 9.78 Å². The minimum atomic E-state index is -0.0611. The zero-order valence-electron chi connectivity index (χ0n) is 14.6. The number of methoxy groups -OCH3 is 1. The Kier molecular flexibility index (Phi) is 5.55. The van der Waals surface area contributed by atoms with Gasteiger partial charge in [0, 0.05) is 18.5 Å². The molecular weight excluding hydrogens is 320 g/mol. The van der Waals surface area contributed by atoms with Gasteiger partial charge in [0.05, 0.1) is 18.8 Å². The largest absolute Gasteiger partial charge is 0.493 e. The first kappa shape index (κ1) is 17.3. The first-order valence-electron chi connectivity index (χ1n) is 8.52. The molecule has 1 atom stereocenters. The van der Waals surface area contributed by atoms with E-state index >= 15 is 0 Å². The third kappa shape index (κ3) is 4.30. The summed E-state index contributed by atoms with van der Waals surface area (Å²) in [5.41, 5.74) is 1.59. The highest BCUT2D eigenvalue weighted by molar-refractivity contribution is 5.39. The smallest absolute Gasteiger partial charge is 0.255 e. The lowest BCUT2D eigenvalue weighted by Crippen LogP contribution is -2.28. The molecule has 7 nitrogen and oxygen atoms in total. The molecule has 2 aromatic rings. The van der Waals surface area contributed by atoms with E-state index < -0.39 is 0 Å². The highest BCUT2D eigenvalue weighted by Gasteiger charge is 2.15. The summed E-state index contributed by atoms with van der Waals surface area (Å²) in [7, 11) is 1.61. The van der Waals surface area contributed by atoms with E-state index in [2.05, 4.69) is 20.6 Å². The molecule has 0 saturated heterocycles. The number of H-pyrrole nitrogens is 1. The van der Waals surface area contributed by atoms with Gasteiger partial charge in [0.15, 0.2) is 11.5 Å². The quantitative estimate of drug-likeness (QED) is 0.733. The Labute approximate surface area is 146 Å². The summed E-state index contributed by atoms with van der Waals surface area (Å²) >= 11 is 0. The molecule has 0 amide bonds. The number of nitrogens with one attached hydrogen (secondary N) is 3. The highest BCUT2D eigenvalue weighted by atomic mass is 16.5. The molecule has 1 unspecified atom stereocenters. The fraction of sp³-hybridized carbons (Fsp3) is 0.444. The van der Waals surface area contributed by atoms with Gasteiger partial charge >= 0.3 is 0 Å². The molecule has 3 N–H and O–H groups in total. The number of para-hydroxylation sites is 2. The van der Waals surface area contributed by atoms with Gasteiger partial charge in [-0.15, -0.1) is 0 Å². The minimum Gasteiger partial charge on any atom is -0.493 e. The Hall–Kier alpha value is -2.54. The molecule has 1 aliphatic rings. The Balaban J connectivity index is 1.65. The number of hydrogen-bond donors (Lipinski definition) is 3. The van der Waals surface area contributed by atoms with E-state index in [0.717, 1.165) is 30.8 Å². The summed E-state index contributed by atoms with van der Waals surface area (Å²) in [6.07, 6.45) is 1.48. The van der Waals surface area contributed by atoms with Gasteiger partial charge in [-0.25, -0.2) is 4.98 Å². The fourth-order valence-electron chi connectivity index (χ4n) is 2.85. The molecule has 1 aromatic carbocycles. The number of anilines is 1. The van der Waals surface area contributed by atoms with Crippen molar-refractivity contribution < 1.29 is 9.47 Å². The van der Waals surface area contributed by atoms with Crippen molar-refractivity contribution in [3.8, 4) is 11.5 Å². The summed E-state index contributed by atoms with van der Waals surface area (Å²) in [6, 6.07) is 7.48. The van der Waals surface area contributed by atoms with Crippen molar-refractivity contribution >= 4 is 5.95 Å². The lowest BCUT2D eigenvalue weighted by Gasteiger charge is -2.17. The molecule has 0 radical (unpaired) electrons. The third-order valence-electron chi connectivity index (χ3n) is 4.13. The fourth-order valence-corrected chi connectivity index (χ4v) is 2.85. The van der Waals surface area contributed by atoms with Crippen LogP contribution in [0.1, 0.15) is 18.2 Å². The van der Waals surface area contributed by atoms with Crippen LogP contribution < -0.4 is 25.7 Å². The van der Waals surface area contributed by atoms with Crippen molar-refractivity contribution in [2.24, 2.45) is 0 Å². The Morgan fingerprint density at radius 3 is 2.80 bits per heavy atom. The maximum atomic E-state index is 12.3. The van der Waals surface area contributed by atoms with Crippen molar-refractivity contribution in [2.75, 3.05) is 32.1 Å². The maximum absolute atomic E-state index is 12.3. The van der Waals surface area contributed by atoms with Gasteiger partial charge in [0.1, 0.15) is 6.61 Å². The number of fused-ring (bicyclic) bond motifs is 1. The molecule has 134 valence electrons. The standard InChI is InChI=1S/C18H24N4O3/c1-12(11-25-16-6-4-3-5-15(16)24-2)20-18-21-14-8-10-19-9-7-13(14)17(23)22-18/h3-6,12,19H,7-11H2,1-2H3,(H2,20,21,22,23). The second-order valence-corrected chi connectivity index (χ2v) is 6.10. The van der Waals surface area contributed by atoms with Crippen LogP contribution in [0.25, 0.3) is 0 Å². The Morgan fingerprint density at radius 1 is 1.24 bits per heavy atom. The van der Waals surface area contributed by atoms with E-state index in [9.17, 15) is 4.79 Å². The number of hydrogen-bond acceptors (Lipinski definition) is 6. The van der Waals surface area contributed by atoms with Crippen molar-refractivity contribution in [1.82, 2.24) is 15.3 Å². The van der Waals surface area contributed by atoms with Crippen LogP contribution in [0.2, 0.25) is 0 Å². The molecule has 2 heterocycles. The maximum Gasteiger partial charge on any atom is 0.255 e. The summed E-state index contributed by atoms with van der Waals surface area (Å²) in [5, 5.41) is 6.49. The summed E-state index contributed by atoms with van der Waals surface area (Å²) in [6.45, 7) is 4.05. The molecule has 0 spiro atoms. The molecule has 1 aliphatic heterocycles. The van der Waals surface area contributed by atoms with Crippen LogP contribution in [-0.4, -0.2) is 42.8 Å². The predicted molar refractivity (Wildman–Crippen MR) is 96.7 cm³/mol. The SMILES string of the molecule is COc1ccccc1OCC(C)Nc1nc2c(c(=O)[nH]1)CCNCC2. The minimum absolute atomic E-state index is 0.0324. The van der Waals surface area contributed by atoms with Gasteiger partial charge in [0.25, 0.3) is 5.56 Å². The van der Waals surface area contributed by atoms with E-state index in [1.54, 1.807) is 7.11 Å². The number of aromatic amines is 1. The molecule has 1 aromatic heterocycles. The average Bonchev–Trinajstić information content (AvgIpc) is 2.86. The molecule has 0 saturated carbocycles. The number of aromatic nitrogens is 2. The normalized spacial score (nSPS) is 15.0. The number of ether oxygens (including phenoxy) is 2. The number of rotatable bonds is 6. The first-order chi connectivity index (χ1) is 12.2. The molecule has 0 fully saturated rings. The molecule has 0 aliphatic carbocycles. The molecular formula is C18H24N4O3. The van der Waals surface area contributed by atoms with Gasteiger partial charge in [-0.2, -0.15) is 0 Å². The van der Waals surface area contributed by atoms with E-state index in [0.29, 0.717) is 30.5 Å². The van der Waals surface area contributed by atoms with Crippen LogP contribution in [0.3, 0.4) is 0 Å². The summed E-state index contributed by atoms with van der Waals surface area (Å²) in [4.78, 5) is 19.7. The van der Waals surface area contributed by atoms with Gasteiger partial charge in [-0.1, -0.05) is 12.1 Å². The molecule has 0 bridgehead atoms. The van der Waals surface area contributed by atoms with Gasteiger partial charge < -0.3 is 20.1 Å². The first-order valence-corrected chi connectivity index (χ1v) is 8.52. The van der Waals surface area contributed by atoms with Crippen LogP contribution in [0.5, 0.6) is 11.5 Å². The summed E-state index contributed by atoms with van der Waals surface area (Å²) < 4.78 is 11.1. The second kappa shape index (κ2) is 8.02. The Morgan fingerprint density at radius 2 is 2.00 bits per heavy atom. The van der Waals surface area contributed by atoms with Crippen LogP contribution in [0.15, 0.2) is 29.1 Å². The second-order valence-electron chi connectivity index (χ2n) is 6.10. The molecule has 25 heavy (non-hydrogen) atoms. The molecule has 7 heteroatoms. The lowest BCUT2D eigenvalue weighted by molar-refractivity contribution is 0.283. The van der Waals surface area contributed by atoms with Crippen molar-refractivity contribution in [3.05, 3.63) is 45.9 Å². The number of benzene rings is 1. The molecule has 3 rings (SSSR count). The predicted octanol–water partition coefficient (Wildman–Crippen LogP) is 1.35. The average molecular weight is 344 g/mol. The van der Waals surface area contributed by atoms with E-state index in [-0.39, 0.29) is 11.6 Å². The summed E-state index contributed by atoms with van der Waals surface area (Å²) in [5.74, 6) is 1.87. The Bertz CT molecular complexity index is 775. The topological polar surface area (TPSA) is 88.3 Å². The van der Waals surface area contributed by atoms with E-state index in [4.69, 9.17) is 9.47 Å². The lowest BCUT2D eigenvalue weighted by atomic mass is 10.1. The van der Waals surface area contributed by atoms with Crippen LogP contribution in [0, 0.1) is 0 Å². The van der Waals surface area contributed by atoms with Crippen LogP contribution in [-0.2, 0) is 12.8 Å². The number of nitrogens with zero attached hydrogens (tertiary/aromatic N) is 1. The van der Waals surface area contributed by atoms with Gasteiger partial charge in [-0.05, 0) is 32.0 Å². The van der Waals surface area contributed by atoms with Crippen LogP contribution in [0.4, 0.5) is 5.95 Å². The highest BCUT2D eigenvalue weighted by Crippen LogP contribution is 2.25.